The van der Waals surface area contributed by atoms with Crippen molar-refractivity contribution in [2.45, 2.75) is 31.4 Å². The first kappa shape index (κ1) is 18.4. The summed E-state index contributed by atoms with van der Waals surface area (Å²) in [6, 6.07) is 13.9. The highest BCUT2D eigenvalue weighted by atomic mass is 16.6. The summed E-state index contributed by atoms with van der Waals surface area (Å²) in [6.07, 6.45) is 4.23. The summed E-state index contributed by atoms with van der Waals surface area (Å²) in [4.78, 5) is 12.6. The lowest BCUT2D eigenvalue weighted by atomic mass is 9.99. The van der Waals surface area contributed by atoms with E-state index in [2.05, 4.69) is 4.58 Å². The molecule has 0 spiro atoms. The largest absolute Gasteiger partial charge is 0.497 e. The van der Waals surface area contributed by atoms with E-state index in [1.54, 1.807) is 19.2 Å². The monoisotopic (exact) mass is 382 g/mol. The third-order valence-electron chi connectivity index (χ3n) is 5.60. The van der Waals surface area contributed by atoms with Crippen LogP contribution in [-0.4, -0.2) is 40.6 Å². The number of non-ortho nitro benzene ring substituents is 1. The molecule has 2 aromatic carbocycles. The second kappa shape index (κ2) is 7.24. The van der Waals surface area contributed by atoms with Crippen molar-refractivity contribution in [3.05, 3.63) is 64.2 Å². The van der Waals surface area contributed by atoms with Crippen molar-refractivity contribution in [1.82, 2.24) is 0 Å². The van der Waals surface area contributed by atoms with Crippen molar-refractivity contribution in [2.24, 2.45) is 0 Å². The van der Waals surface area contributed by atoms with Gasteiger partial charge in [0.05, 0.1) is 18.6 Å². The number of rotatable bonds is 4. The molecule has 0 saturated heterocycles. The van der Waals surface area contributed by atoms with E-state index in [0.29, 0.717) is 12.1 Å². The number of methoxy groups -OCH3 is 1. The number of amidine groups is 1. The van der Waals surface area contributed by atoms with Crippen molar-refractivity contribution >= 4 is 17.2 Å². The summed E-state index contributed by atoms with van der Waals surface area (Å²) in [5.74, 6) is 1.85. The molecule has 1 atom stereocenters. The lowest BCUT2D eigenvalue weighted by molar-refractivity contribution is -0.534. The molecule has 146 valence electrons. The number of ether oxygens (including phenoxy) is 1. The van der Waals surface area contributed by atoms with E-state index in [1.165, 1.54) is 18.6 Å². The Morgan fingerprint density at radius 3 is 2.46 bits per heavy atom. The Morgan fingerprint density at radius 2 is 1.82 bits per heavy atom. The van der Waals surface area contributed by atoms with Crippen LogP contribution in [0.4, 0.5) is 11.4 Å². The van der Waals surface area contributed by atoms with Crippen molar-refractivity contribution in [1.29, 1.82) is 0 Å². The Morgan fingerprint density at radius 1 is 1.11 bits per heavy atom. The Bertz CT molecular complexity index is 908. The Hall–Kier alpha value is -2.93. The molecular formula is C21H24N3O4+. The third-order valence-corrected chi connectivity index (χ3v) is 5.60. The average molecular weight is 382 g/mol. The minimum atomic E-state index is -1.28. The first-order valence-corrected chi connectivity index (χ1v) is 9.55. The molecule has 1 N–H and O–H groups in total. The smallest absolute Gasteiger partial charge is 0.275 e. The van der Waals surface area contributed by atoms with Gasteiger partial charge in [0, 0.05) is 24.1 Å². The van der Waals surface area contributed by atoms with Crippen LogP contribution in [0, 0.1) is 10.1 Å². The molecule has 0 amide bonds. The zero-order valence-corrected chi connectivity index (χ0v) is 15.9. The van der Waals surface area contributed by atoms with Crippen LogP contribution < -0.4 is 9.64 Å². The number of nitrogens with zero attached hydrogens (tertiary/aromatic N) is 3. The van der Waals surface area contributed by atoms with Gasteiger partial charge in [0.15, 0.2) is 6.54 Å². The highest BCUT2D eigenvalue weighted by Crippen LogP contribution is 2.38. The van der Waals surface area contributed by atoms with E-state index in [1.807, 2.05) is 29.2 Å². The fourth-order valence-electron chi connectivity index (χ4n) is 4.19. The van der Waals surface area contributed by atoms with Crippen molar-refractivity contribution in [3.63, 3.8) is 0 Å². The third kappa shape index (κ3) is 3.11. The minimum absolute atomic E-state index is 0.0171. The van der Waals surface area contributed by atoms with Crippen LogP contribution in [0.5, 0.6) is 5.75 Å². The van der Waals surface area contributed by atoms with Gasteiger partial charge in [0.25, 0.3) is 17.2 Å². The molecule has 7 nitrogen and oxygen atoms in total. The molecule has 0 bridgehead atoms. The number of aliphatic hydroxyl groups is 1. The van der Waals surface area contributed by atoms with Gasteiger partial charge >= 0.3 is 0 Å². The zero-order chi connectivity index (χ0) is 19.7. The van der Waals surface area contributed by atoms with Crippen molar-refractivity contribution < 1.29 is 19.3 Å². The first-order valence-electron chi connectivity index (χ1n) is 9.55. The molecule has 1 unspecified atom stereocenters. The molecule has 0 aliphatic carbocycles. The van der Waals surface area contributed by atoms with E-state index in [4.69, 9.17) is 4.74 Å². The number of benzene rings is 2. The Kier molecular flexibility index (Phi) is 4.77. The number of nitro groups is 1. The molecule has 28 heavy (non-hydrogen) atoms. The standard InChI is InChI=1S/C21H24N3O4/c1-28-19-12-10-17(11-13-19)23-20-5-3-2-4-14-22(20)15-21(23,25)16-6-8-18(9-7-16)24(26)27/h6-13,25H,2-5,14-15H2,1H3/q+1. The van der Waals surface area contributed by atoms with Crippen LogP contribution in [0.25, 0.3) is 0 Å². The molecule has 0 fully saturated rings. The summed E-state index contributed by atoms with van der Waals surface area (Å²) >= 11 is 0. The molecule has 0 saturated carbocycles. The highest BCUT2D eigenvalue weighted by Gasteiger charge is 2.54. The van der Waals surface area contributed by atoms with Crippen LogP contribution in [-0.2, 0) is 5.72 Å². The summed E-state index contributed by atoms with van der Waals surface area (Å²) in [7, 11) is 1.62. The van der Waals surface area contributed by atoms with E-state index < -0.39 is 10.6 Å². The molecule has 2 aliphatic rings. The van der Waals surface area contributed by atoms with Crippen LogP contribution in [0.15, 0.2) is 48.5 Å². The molecule has 0 aromatic heterocycles. The number of hydrogen-bond acceptors (Lipinski definition) is 5. The minimum Gasteiger partial charge on any atom is -0.497 e. The highest BCUT2D eigenvalue weighted by molar-refractivity contribution is 5.97. The maximum Gasteiger partial charge on any atom is 0.275 e. The van der Waals surface area contributed by atoms with Gasteiger partial charge < -0.3 is 9.84 Å². The van der Waals surface area contributed by atoms with Gasteiger partial charge in [-0.1, -0.05) is 0 Å². The SMILES string of the molecule is COc1ccc(N2C3=[N+](CCCCC3)CC2(O)c2ccc([N+](=O)[O-])cc2)cc1. The lowest BCUT2D eigenvalue weighted by Crippen LogP contribution is -2.47. The Labute approximate surface area is 163 Å². The van der Waals surface area contributed by atoms with E-state index in [0.717, 1.165) is 43.1 Å². The first-order chi connectivity index (χ1) is 13.5. The second-order valence-corrected chi connectivity index (χ2v) is 7.30. The fourth-order valence-corrected chi connectivity index (χ4v) is 4.19. The van der Waals surface area contributed by atoms with Crippen LogP contribution in [0.1, 0.15) is 31.2 Å². The van der Waals surface area contributed by atoms with Gasteiger partial charge in [-0.3, -0.25) is 14.7 Å². The second-order valence-electron chi connectivity index (χ2n) is 7.30. The molecule has 2 aromatic rings. The van der Waals surface area contributed by atoms with Crippen molar-refractivity contribution in [2.75, 3.05) is 25.1 Å². The van der Waals surface area contributed by atoms with Gasteiger partial charge in [-0.25, -0.2) is 0 Å². The number of anilines is 1. The van der Waals surface area contributed by atoms with Gasteiger partial charge in [0.1, 0.15) is 11.4 Å². The molecule has 0 radical (unpaired) electrons. The summed E-state index contributed by atoms with van der Waals surface area (Å²) in [5.41, 5.74) is 0.259. The van der Waals surface area contributed by atoms with Gasteiger partial charge in [-0.15, -0.1) is 0 Å². The average Bonchev–Trinajstić information content (AvgIpc) is 2.84. The summed E-state index contributed by atoms with van der Waals surface area (Å²) < 4.78 is 7.52. The van der Waals surface area contributed by atoms with Crippen LogP contribution in [0.3, 0.4) is 0 Å². The topological polar surface area (TPSA) is 78.8 Å². The van der Waals surface area contributed by atoms with Crippen LogP contribution >= 0.6 is 0 Å². The van der Waals surface area contributed by atoms with E-state index >= 15 is 0 Å². The van der Waals surface area contributed by atoms with E-state index in [9.17, 15) is 15.2 Å². The van der Waals surface area contributed by atoms with Crippen molar-refractivity contribution in [3.8, 4) is 5.75 Å². The normalized spacial score (nSPS) is 22.0. The predicted molar refractivity (Wildman–Crippen MR) is 106 cm³/mol. The van der Waals surface area contributed by atoms with Crippen LogP contribution in [0.2, 0.25) is 0 Å². The zero-order valence-electron chi connectivity index (χ0n) is 15.9. The van der Waals surface area contributed by atoms with Gasteiger partial charge in [0.2, 0.25) is 0 Å². The maximum absolute atomic E-state index is 11.8. The molecule has 7 heteroatoms. The summed E-state index contributed by atoms with van der Waals surface area (Å²) in [5, 5.41) is 22.8. The maximum atomic E-state index is 11.8. The fraction of sp³-hybridized carbons (Fsp3) is 0.381. The molecule has 2 aliphatic heterocycles. The quantitative estimate of drug-likeness (QED) is 0.499. The molecular weight excluding hydrogens is 358 g/mol. The van der Waals surface area contributed by atoms with Gasteiger partial charge in [-0.05, 0) is 55.7 Å². The number of hydrogen-bond donors (Lipinski definition) is 1. The summed E-state index contributed by atoms with van der Waals surface area (Å²) in [6.45, 7) is 1.34. The van der Waals surface area contributed by atoms with E-state index in [-0.39, 0.29) is 5.69 Å². The Balaban J connectivity index is 1.79. The van der Waals surface area contributed by atoms with Gasteiger partial charge in [-0.2, -0.15) is 4.90 Å². The molecule has 4 rings (SSSR count). The number of nitro benzene ring substituents is 1. The molecule has 2 heterocycles. The lowest BCUT2D eigenvalue weighted by Gasteiger charge is -2.29. The predicted octanol–water partition coefficient (Wildman–Crippen LogP) is 3.25.